The Morgan fingerprint density at radius 1 is 1.33 bits per heavy atom. The third-order valence-corrected chi connectivity index (χ3v) is 3.99. The van der Waals surface area contributed by atoms with Crippen molar-refractivity contribution in [1.29, 1.82) is 0 Å². The second-order valence-electron chi connectivity index (χ2n) is 4.84. The fourth-order valence-corrected chi connectivity index (χ4v) is 2.86. The van der Waals surface area contributed by atoms with Gasteiger partial charge in [-0.05, 0) is 36.9 Å². The summed E-state index contributed by atoms with van der Waals surface area (Å²) in [5.74, 6) is 2.39. The van der Waals surface area contributed by atoms with Gasteiger partial charge >= 0.3 is 0 Å². The minimum atomic E-state index is 0.0528. The number of thiophene rings is 1. The number of fused-ring (bicyclic) bond motifs is 1. The van der Waals surface area contributed by atoms with E-state index >= 15 is 0 Å². The van der Waals surface area contributed by atoms with Crippen molar-refractivity contribution in [3.05, 3.63) is 35.6 Å². The van der Waals surface area contributed by atoms with E-state index in [-0.39, 0.29) is 6.04 Å². The van der Waals surface area contributed by atoms with E-state index < -0.39 is 0 Å². The van der Waals surface area contributed by atoms with Crippen LogP contribution in [-0.2, 0) is 0 Å². The highest BCUT2D eigenvalue weighted by atomic mass is 32.1. The molecule has 1 atom stereocenters. The molecular formula is C15H18N4OS. The van der Waals surface area contributed by atoms with Crippen molar-refractivity contribution < 1.29 is 4.42 Å². The van der Waals surface area contributed by atoms with Crippen LogP contribution < -0.4 is 10.6 Å². The lowest BCUT2D eigenvalue weighted by Gasteiger charge is -2.14. The Morgan fingerprint density at radius 2 is 2.24 bits per heavy atom. The molecule has 0 fully saturated rings. The van der Waals surface area contributed by atoms with Gasteiger partial charge in [0.1, 0.15) is 16.4 Å². The minimum Gasteiger partial charge on any atom is -0.467 e. The summed E-state index contributed by atoms with van der Waals surface area (Å²) < 4.78 is 5.44. The molecule has 0 spiro atoms. The molecule has 0 aliphatic carbocycles. The summed E-state index contributed by atoms with van der Waals surface area (Å²) in [6.07, 6.45) is 2.72. The number of nitrogens with zero attached hydrogens (tertiary/aromatic N) is 2. The zero-order chi connectivity index (χ0) is 14.7. The Hall–Kier alpha value is -2.08. The van der Waals surface area contributed by atoms with Crippen molar-refractivity contribution >= 4 is 33.3 Å². The van der Waals surface area contributed by atoms with Gasteiger partial charge in [-0.1, -0.05) is 6.92 Å². The largest absolute Gasteiger partial charge is 0.467 e. The molecule has 0 aromatic carbocycles. The highest BCUT2D eigenvalue weighted by Gasteiger charge is 2.13. The van der Waals surface area contributed by atoms with Crippen LogP contribution in [0.3, 0.4) is 0 Å². The lowest BCUT2D eigenvalue weighted by atomic mass is 10.2. The molecule has 0 saturated heterocycles. The van der Waals surface area contributed by atoms with Gasteiger partial charge in [0.25, 0.3) is 0 Å². The van der Waals surface area contributed by atoms with Crippen LogP contribution in [0.25, 0.3) is 10.2 Å². The monoisotopic (exact) mass is 302 g/mol. The molecule has 0 saturated carbocycles. The molecule has 21 heavy (non-hydrogen) atoms. The summed E-state index contributed by atoms with van der Waals surface area (Å²) in [7, 11) is 0. The van der Waals surface area contributed by atoms with Crippen molar-refractivity contribution in [1.82, 2.24) is 9.97 Å². The van der Waals surface area contributed by atoms with Gasteiger partial charge in [0.15, 0.2) is 0 Å². The first kappa shape index (κ1) is 13.9. The lowest BCUT2D eigenvalue weighted by molar-refractivity contribution is 0.490. The molecule has 3 rings (SSSR count). The van der Waals surface area contributed by atoms with Gasteiger partial charge in [-0.15, -0.1) is 11.3 Å². The molecule has 6 heteroatoms. The number of nitrogens with one attached hydrogen (secondary N) is 2. The Balaban J connectivity index is 1.90. The van der Waals surface area contributed by atoms with Gasteiger partial charge in [0, 0.05) is 6.54 Å². The van der Waals surface area contributed by atoms with Crippen molar-refractivity contribution in [3.63, 3.8) is 0 Å². The molecule has 0 aliphatic heterocycles. The molecule has 3 aromatic heterocycles. The standard InChI is InChI=1S/C15H18N4OS/c1-3-7-16-15-18-13(11-6-9-21-14(11)19-15)17-10(2)12-5-4-8-20-12/h4-6,8-10H,3,7H2,1-2H3,(H2,16,17,18,19). The van der Waals surface area contributed by atoms with Crippen LogP contribution in [0, 0.1) is 0 Å². The molecule has 3 heterocycles. The quantitative estimate of drug-likeness (QED) is 0.711. The van der Waals surface area contributed by atoms with Gasteiger partial charge in [-0.25, -0.2) is 4.98 Å². The van der Waals surface area contributed by atoms with E-state index in [1.54, 1.807) is 17.6 Å². The van der Waals surface area contributed by atoms with Gasteiger partial charge < -0.3 is 15.1 Å². The maximum atomic E-state index is 5.44. The fourth-order valence-electron chi connectivity index (χ4n) is 2.10. The highest BCUT2D eigenvalue weighted by Crippen LogP contribution is 2.29. The number of anilines is 2. The number of hydrogen-bond acceptors (Lipinski definition) is 6. The second-order valence-corrected chi connectivity index (χ2v) is 5.74. The predicted octanol–water partition coefficient (Wildman–Crippen LogP) is 4.28. The fraction of sp³-hybridized carbons (Fsp3) is 0.333. The third kappa shape index (κ3) is 3.00. The smallest absolute Gasteiger partial charge is 0.226 e. The van der Waals surface area contributed by atoms with E-state index in [0.29, 0.717) is 5.95 Å². The molecular weight excluding hydrogens is 284 g/mol. The Morgan fingerprint density at radius 3 is 3.00 bits per heavy atom. The molecule has 0 bridgehead atoms. The maximum Gasteiger partial charge on any atom is 0.226 e. The Bertz CT molecular complexity index is 708. The van der Waals surface area contributed by atoms with Gasteiger partial charge in [0.2, 0.25) is 5.95 Å². The summed E-state index contributed by atoms with van der Waals surface area (Å²) in [5.41, 5.74) is 0. The van der Waals surface area contributed by atoms with Gasteiger partial charge in [0.05, 0.1) is 17.7 Å². The summed E-state index contributed by atoms with van der Waals surface area (Å²) >= 11 is 1.62. The molecule has 3 aromatic rings. The average Bonchev–Trinajstić information content (AvgIpc) is 3.15. The van der Waals surface area contributed by atoms with E-state index in [2.05, 4.69) is 34.4 Å². The first-order valence-corrected chi connectivity index (χ1v) is 7.95. The van der Waals surface area contributed by atoms with Crippen molar-refractivity contribution in [2.24, 2.45) is 0 Å². The molecule has 0 radical (unpaired) electrons. The van der Waals surface area contributed by atoms with Crippen molar-refractivity contribution in [2.75, 3.05) is 17.2 Å². The van der Waals surface area contributed by atoms with Gasteiger partial charge in [-0.2, -0.15) is 4.98 Å². The van der Waals surface area contributed by atoms with E-state index in [1.165, 1.54) is 0 Å². The van der Waals surface area contributed by atoms with Gasteiger partial charge in [-0.3, -0.25) is 0 Å². The molecule has 1 unspecified atom stereocenters. The molecule has 0 amide bonds. The normalized spacial score (nSPS) is 12.5. The van der Waals surface area contributed by atoms with E-state index in [0.717, 1.165) is 34.8 Å². The zero-order valence-corrected chi connectivity index (χ0v) is 12.9. The summed E-state index contributed by atoms with van der Waals surface area (Å²) in [5, 5.41) is 9.73. The first-order valence-electron chi connectivity index (χ1n) is 7.07. The van der Waals surface area contributed by atoms with Crippen LogP contribution >= 0.6 is 11.3 Å². The maximum absolute atomic E-state index is 5.44. The van der Waals surface area contributed by atoms with Crippen LogP contribution in [0.1, 0.15) is 32.1 Å². The number of rotatable bonds is 6. The molecule has 0 aliphatic rings. The van der Waals surface area contributed by atoms with Crippen LogP contribution in [0.5, 0.6) is 0 Å². The Kier molecular flexibility index (Phi) is 4.06. The van der Waals surface area contributed by atoms with Crippen molar-refractivity contribution in [2.45, 2.75) is 26.3 Å². The third-order valence-electron chi connectivity index (χ3n) is 3.18. The first-order chi connectivity index (χ1) is 10.3. The Labute approximate surface area is 127 Å². The number of aromatic nitrogens is 2. The predicted molar refractivity (Wildman–Crippen MR) is 86.9 cm³/mol. The molecule has 2 N–H and O–H groups in total. The number of furan rings is 1. The zero-order valence-electron chi connectivity index (χ0n) is 12.1. The molecule has 110 valence electrons. The summed E-state index contributed by atoms with van der Waals surface area (Å²) in [6.45, 7) is 5.04. The SMILES string of the molecule is CCCNc1nc(NC(C)c2ccco2)c2ccsc2n1. The van der Waals surface area contributed by atoms with Crippen LogP contribution in [0.2, 0.25) is 0 Å². The lowest BCUT2D eigenvalue weighted by Crippen LogP contribution is -2.10. The van der Waals surface area contributed by atoms with Crippen LogP contribution in [0.4, 0.5) is 11.8 Å². The van der Waals surface area contributed by atoms with E-state index in [9.17, 15) is 0 Å². The second kappa shape index (κ2) is 6.13. The topological polar surface area (TPSA) is 63.0 Å². The van der Waals surface area contributed by atoms with Crippen molar-refractivity contribution in [3.8, 4) is 0 Å². The highest BCUT2D eigenvalue weighted by molar-refractivity contribution is 7.16. The molecule has 5 nitrogen and oxygen atoms in total. The van der Waals surface area contributed by atoms with Crippen LogP contribution in [0.15, 0.2) is 34.3 Å². The van der Waals surface area contributed by atoms with E-state index in [4.69, 9.17) is 4.42 Å². The number of hydrogen-bond donors (Lipinski definition) is 2. The average molecular weight is 302 g/mol. The summed E-state index contributed by atoms with van der Waals surface area (Å²) in [4.78, 5) is 10.1. The minimum absolute atomic E-state index is 0.0528. The van der Waals surface area contributed by atoms with Crippen LogP contribution in [-0.4, -0.2) is 16.5 Å². The van der Waals surface area contributed by atoms with E-state index in [1.807, 2.05) is 23.6 Å². The summed E-state index contributed by atoms with van der Waals surface area (Å²) in [6, 6.07) is 5.94.